The second-order valence-corrected chi connectivity index (χ2v) is 7.65. The molecule has 0 atom stereocenters. The van der Waals surface area contributed by atoms with Crippen LogP contribution in [0.25, 0.3) is 0 Å². The molecule has 1 saturated heterocycles. The van der Waals surface area contributed by atoms with Gasteiger partial charge in [0.2, 0.25) is 5.91 Å². The second-order valence-electron chi connectivity index (χ2n) is 7.65. The summed E-state index contributed by atoms with van der Waals surface area (Å²) in [5.74, 6) is 0.853. The molecular weight excluding hydrogens is 343 g/mol. The molecule has 1 aromatic carbocycles. The molecule has 1 aliphatic heterocycles. The smallest absolute Gasteiger partial charge is 0.217 e. The summed E-state index contributed by atoms with van der Waals surface area (Å²) in [6.45, 7) is 8.16. The average Bonchev–Trinajstić information content (AvgIpc) is 2.64. The highest BCUT2D eigenvalue weighted by Gasteiger charge is 2.37. The number of piperidine rings is 1. The van der Waals surface area contributed by atoms with Crippen molar-refractivity contribution >= 4 is 5.91 Å². The highest BCUT2D eigenvalue weighted by molar-refractivity contribution is 5.74. The maximum Gasteiger partial charge on any atom is 0.217 e. The number of hydrogen-bond donors (Lipinski definition) is 1. The normalized spacial score (nSPS) is 17.1. The Bertz CT molecular complexity index is 766. The molecule has 0 bridgehead atoms. The fourth-order valence-corrected chi connectivity index (χ4v) is 3.69. The Morgan fingerprint density at radius 2 is 1.78 bits per heavy atom. The standard InChI is InChI=1S/C21H27FN4O/c1-15(2)20-23-12-17(13-24-20)14-26-10-8-21(9-11-26,25-16(3)27)18-4-6-19(22)7-5-18/h4-7,12-13,15H,8-11,14H2,1-3H3,(H,25,27). The van der Waals surface area contributed by atoms with Crippen LogP contribution in [0.3, 0.4) is 0 Å². The average molecular weight is 370 g/mol. The van der Waals surface area contributed by atoms with Gasteiger partial charge in [-0.3, -0.25) is 9.69 Å². The Hall–Kier alpha value is -2.34. The molecule has 5 nitrogen and oxygen atoms in total. The van der Waals surface area contributed by atoms with Crippen LogP contribution in [-0.2, 0) is 16.9 Å². The Kier molecular flexibility index (Phi) is 5.85. The van der Waals surface area contributed by atoms with E-state index >= 15 is 0 Å². The van der Waals surface area contributed by atoms with Gasteiger partial charge in [-0.1, -0.05) is 26.0 Å². The summed E-state index contributed by atoms with van der Waals surface area (Å²) < 4.78 is 13.3. The zero-order chi connectivity index (χ0) is 19.4. The maximum absolute atomic E-state index is 13.3. The second kappa shape index (κ2) is 8.13. The monoisotopic (exact) mass is 370 g/mol. The van der Waals surface area contributed by atoms with Crippen molar-refractivity contribution in [2.45, 2.75) is 51.6 Å². The van der Waals surface area contributed by atoms with Gasteiger partial charge < -0.3 is 5.32 Å². The van der Waals surface area contributed by atoms with Gasteiger partial charge in [0.25, 0.3) is 0 Å². The largest absolute Gasteiger partial charge is 0.347 e. The summed E-state index contributed by atoms with van der Waals surface area (Å²) in [6.07, 6.45) is 5.36. The first kappa shape index (κ1) is 19.4. The highest BCUT2D eigenvalue weighted by Crippen LogP contribution is 2.33. The highest BCUT2D eigenvalue weighted by atomic mass is 19.1. The van der Waals surface area contributed by atoms with Crippen LogP contribution in [0.5, 0.6) is 0 Å². The van der Waals surface area contributed by atoms with Crippen LogP contribution in [0, 0.1) is 5.82 Å². The minimum atomic E-state index is -0.436. The third kappa shape index (κ3) is 4.69. The minimum Gasteiger partial charge on any atom is -0.347 e. The number of halogens is 1. The number of benzene rings is 1. The Morgan fingerprint density at radius 1 is 1.19 bits per heavy atom. The van der Waals surface area contributed by atoms with Gasteiger partial charge in [-0.25, -0.2) is 14.4 Å². The van der Waals surface area contributed by atoms with Gasteiger partial charge in [0.05, 0.1) is 5.54 Å². The maximum atomic E-state index is 13.3. The van der Waals surface area contributed by atoms with E-state index in [1.54, 1.807) is 12.1 Å². The SMILES string of the molecule is CC(=O)NC1(c2ccc(F)cc2)CCN(Cc2cnc(C(C)C)nc2)CC1. The number of carbonyl (C=O) groups is 1. The Labute approximate surface area is 160 Å². The van der Waals surface area contributed by atoms with E-state index in [1.165, 1.54) is 19.1 Å². The van der Waals surface area contributed by atoms with Crippen molar-refractivity contribution in [3.8, 4) is 0 Å². The predicted molar refractivity (Wildman–Crippen MR) is 103 cm³/mol. The molecule has 0 radical (unpaired) electrons. The molecular formula is C21H27FN4O. The number of amides is 1. The van der Waals surface area contributed by atoms with Crippen LogP contribution in [0.4, 0.5) is 4.39 Å². The number of carbonyl (C=O) groups excluding carboxylic acids is 1. The molecule has 1 aromatic heterocycles. The third-order valence-corrected chi connectivity index (χ3v) is 5.17. The van der Waals surface area contributed by atoms with E-state index in [0.717, 1.165) is 49.4 Å². The molecule has 3 rings (SSSR count). The van der Waals surface area contributed by atoms with Crippen LogP contribution in [0.2, 0.25) is 0 Å². The fraction of sp³-hybridized carbons (Fsp3) is 0.476. The van der Waals surface area contributed by atoms with E-state index in [0.29, 0.717) is 5.92 Å². The van der Waals surface area contributed by atoms with E-state index in [-0.39, 0.29) is 11.7 Å². The lowest BCUT2D eigenvalue weighted by Crippen LogP contribution is -2.52. The quantitative estimate of drug-likeness (QED) is 0.877. The summed E-state index contributed by atoms with van der Waals surface area (Å²) >= 11 is 0. The first-order chi connectivity index (χ1) is 12.9. The van der Waals surface area contributed by atoms with Crippen LogP contribution in [0.15, 0.2) is 36.7 Å². The van der Waals surface area contributed by atoms with E-state index < -0.39 is 5.54 Å². The number of aromatic nitrogens is 2. The van der Waals surface area contributed by atoms with Crippen molar-refractivity contribution in [3.05, 3.63) is 59.4 Å². The van der Waals surface area contributed by atoms with Gasteiger partial charge in [0.1, 0.15) is 11.6 Å². The zero-order valence-corrected chi connectivity index (χ0v) is 16.2. The molecule has 1 N–H and O–H groups in total. The number of hydrogen-bond acceptors (Lipinski definition) is 4. The molecule has 144 valence electrons. The molecule has 0 unspecified atom stereocenters. The summed E-state index contributed by atoms with van der Waals surface area (Å²) in [7, 11) is 0. The van der Waals surface area contributed by atoms with Crippen molar-refractivity contribution in [1.82, 2.24) is 20.2 Å². The molecule has 0 aliphatic carbocycles. The minimum absolute atomic E-state index is 0.0644. The molecule has 1 aliphatic rings. The van der Waals surface area contributed by atoms with Crippen molar-refractivity contribution < 1.29 is 9.18 Å². The van der Waals surface area contributed by atoms with Crippen LogP contribution in [0.1, 0.15) is 56.5 Å². The van der Waals surface area contributed by atoms with Gasteiger partial charge in [0, 0.05) is 50.4 Å². The number of nitrogens with zero attached hydrogens (tertiary/aromatic N) is 3. The van der Waals surface area contributed by atoms with Crippen molar-refractivity contribution in [2.24, 2.45) is 0 Å². The Morgan fingerprint density at radius 3 is 2.30 bits per heavy atom. The molecule has 1 fully saturated rings. The lowest BCUT2D eigenvalue weighted by atomic mass is 9.80. The van der Waals surface area contributed by atoms with Crippen molar-refractivity contribution in [1.29, 1.82) is 0 Å². The lowest BCUT2D eigenvalue weighted by Gasteiger charge is -2.42. The molecule has 6 heteroatoms. The Balaban J connectivity index is 1.68. The zero-order valence-electron chi connectivity index (χ0n) is 16.2. The van der Waals surface area contributed by atoms with Gasteiger partial charge in [-0.05, 0) is 30.5 Å². The lowest BCUT2D eigenvalue weighted by molar-refractivity contribution is -0.121. The van der Waals surface area contributed by atoms with Crippen molar-refractivity contribution in [3.63, 3.8) is 0 Å². The topological polar surface area (TPSA) is 58.1 Å². The van der Waals surface area contributed by atoms with Gasteiger partial charge in [-0.2, -0.15) is 0 Å². The molecule has 2 aromatic rings. The van der Waals surface area contributed by atoms with E-state index in [4.69, 9.17) is 0 Å². The predicted octanol–water partition coefficient (Wildman–Crippen LogP) is 3.37. The first-order valence-electron chi connectivity index (χ1n) is 9.46. The summed E-state index contributed by atoms with van der Waals surface area (Å²) in [5.41, 5.74) is 1.62. The fourth-order valence-electron chi connectivity index (χ4n) is 3.69. The first-order valence-corrected chi connectivity index (χ1v) is 9.46. The summed E-state index contributed by atoms with van der Waals surface area (Å²) in [5, 5.41) is 3.12. The third-order valence-electron chi connectivity index (χ3n) is 5.17. The van der Waals surface area contributed by atoms with Gasteiger partial charge >= 0.3 is 0 Å². The molecule has 0 spiro atoms. The van der Waals surface area contributed by atoms with E-state index in [9.17, 15) is 9.18 Å². The van der Waals surface area contributed by atoms with Gasteiger partial charge in [-0.15, -0.1) is 0 Å². The number of likely N-dealkylation sites (tertiary alicyclic amines) is 1. The molecule has 1 amide bonds. The number of rotatable bonds is 5. The van der Waals surface area contributed by atoms with Crippen molar-refractivity contribution in [2.75, 3.05) is 13.1 Å². The van der Waals surface area contributed by atoms with Crippen LogP contribution < -0.4 is 5.32 Å². The van der Waals surface area contributed by atoms with E-state index in [1.807, 2.05) is 12.4 Å². The molecule has 27 heavy (non-hydrogen) atoms. The molecule has 2 heterocycles. The summed E-state index contributed by atoms with van der Waals surface area (Å²) in [6, 6.07) is 6.47. The van der Waals surface area contributed by atoms with E-state index in [2.05, 4.69) is 34.0 Å². The molecule has 0 saturated carbocycles. The van der Waals surface area contributed by atoms with Crippen LogP contribution in [-0.4, -0.2) is 33.9 Å². The van der Waals surface area contributed by atoms with Gasteiger partial charge in [0.15, 0.2) is 0 Å². The van der Waals surface area contributed by atoms with Crippen LogP contribution >= 0.6 is 0 Å². The number of nitrogens with one attached hydrogen (secondary N) is 1. The summed E-state index contributed by atoms with van der Waals surface area (Å²) in [4.78, 5) is 23.0.